The summed E-state index contributed by atoms with van der Waals surface area (Å²) in [6, 6.07) is 5.15. The summed E-state index contributed by atoms with van der Waals surface area (Å²) >= 11 is 1.62. The molecule has 84 valence electrons. The van der Waals surface area contributed by atoms with Gasteiger partial charge in [-0.2, -0.15) is 0 Å². The van der Waals surface area contributed by atoms with Crippen LogP contribution in [0.1, 0.15) is 24.6 Å². The van der Waals surface area contributed by atoms with Gasteiger partial charge in [0.05, 0.1) is 5.69 Å². The molecule has 0 atom stereocenters. The van der Waals surface area contributed by atoms with Gasteiger partial charge in [0.2, 0.25) is 0 Å². The zero-order valence-electron chi connectivity index (χ0n) is 9.46. The molecule has 0 N–H and O–H groups in total. The van der Waals surface area contributed by atoms with Gasteiger partial charge in [0.1, 0.15) is 10.8 Å². The van der Waals surface area contributed by atoms with Gasteiger partial charge in [-0.25, -0.2) is 9.37 Å². The van der Waals surface area contributed by atoms with Crippen LogP contribution in [0.3, 0.4) is 0 Å². The fourth-order valence-corrected chi connectivity index (χ4v) is 2.44. The van der Waals surface area contributed by atoms with Crippen LogP contribution >= 0.6 is 11.3 Å². The summed E-state index contributed by atoms with van der Waals surface area (Å²) in [5.74, 6) is -0.158. The molecule has 0 aliphatic heterocycles. The number of nitrogens with zero attached hydrogens (tertiary/aromatic N) is 1. The van der Waals surface area contributed by atoms with Gasteiger partial charge in [-0.15, -0.1) is 11.3 Å². The fraction of sp³-hybridized carbons (Fsp3) is 0.308. The van der Waals surface area contributed by atoms with Gasteiger partial charge in [-0.1, -0.05) is 13.3 Å². The lowest BCUT2D eigenvalue weighted by Crippen LogP contribution is -1.85. The molecule has 0 saturated heterocycles. The molecule has 0 amide bonds. The summed E-state index contributed by atoms with van der Waals surface area (Å²) in [7, 11) is 0. The van der Waals surface area contributed by atoms with Crippen LogP contribution < -0.4 is 0 Å². The maximum atomic E-state index is 13.1. The molecule has 1 nitrogen and oxygen atoms in total. The Morgan fingerprint density at radius 1 is 1.38 bits per heavy atom. The van der Waals surface area contributed by atoms with Gasteiger partial charge in [0, 0.05) is 10.9 Å². The standard InChI is InChI=1S/C13H14FNS/c1-3-4-11-8-16-13(15-11)10-5-6-12(14)9(2)7-10/h5-8H,3-4H2,1-2H3. The zero-order chi connectivity index (χ0) is 11.5. The van der Waals surface area contributed by atoms with Crippen LogP contribution in [-0.2, 0) is 6.42 Å². The summed E-state index contributed by atoms with van der Waals surface area (Å²) in [6.07, 6.45) is 2.11. The number of aryl methyl sites for hydroxylation is 2. The second-order valence-electron chi connectivity index (χ2n) is 3.86. The zero-order valence-corrected chi connectivity index (χ0v) is 10.3. The van der Waals surface area contributed by atoms with E-state index in [1.165, 1.54) is 6.07 Å². The predicted octanol–water partition coefficient (Wildman–Crippen LogP) is 4.21. The normalized spacial score (nSPS) is 10.7. The topological polar surface area (TPSA) is 12.9 Å². The van der Waals surface area contributed by atoms with E-state index in [0.29, 0.717) is 5.56 Å². The average Bonchev–Trinajstić information content (AvgIpc) is 2.71. The van der Waals surface area contributed by atoms with Crippen LogP contribution in [-0.4, -0.2) is 4.98 Å². The quantitative estimate of drug-likeness (QED) is 0.776. The fourth-order valence-electron chi connectivity index (χ4n) is 1.59. The maximum absolute atomic E-state index is 13.1. The Morgan fingerprint density at radius 2 is 2.19 bits per heavy atom. The van der Waals surface area contributed by atoms with E-state index in [9.17, 15) is 4.39 Å². The Kier molecular flexibility index (Phi) is 3.34. The summed E-state index contributed by atoms with van der Waals surface area (Å²) in [5, 5.41) is 3.06. The Morgan fingerprint density at radius 3 is 2.88 bits per heavy atom. The number of rotatable bonds is 3. The number of halogens is 1. The van der Waals surface area contributed by atoms with E-state index in [1.54, 1.807) is 24.3 Å². The molecule has 0 fully saturated rings. The highest BCUT2D eigenvalue weighted by Crippen LogP contribution is 2.25. The van der Waals surface area contributed by atoms with Crippen LogP contribution in [0.2, 0.25) is 0 Å². The van der Waals surface area contributed by atoms with Crippen molar-refractivity contribution in [2.75, 3.05) is 0 Å². The van der Waals surface area contributed by atoms with Crippen molar-refractivity contribution in [3.8, 4) is 10.6 Å². The third-order valence-corrected chi connectivity index (χ3v) is 3.40. The van der Waals surface area contributed by atoms with E-state index in [4.69, 9.17) is 0 Å². The first-order valence-corrected chi connectivity index (χ1v) is 6.29. The number of aromatic nitrogens is 1. The molecule has 0 saturated carbocycles. The van der Waals surface area contributed by atoms with Gasteiger partial charge in [-0.05, 0) is 37.1 Å². The van der Waals surface area contributed by atoms with Gasteiger partial charge >= 0.3 is 0 Å². The lowest BCUT2D eigenvalue weighted by atomic mass is 10.1. The van der Waals surface area contributed by atoms with Crippen molar-refractivity contribution in [2.45, 2.75) is 26.7 Å². The Bertz CT molecular complexity index is 490. The number of benzene rings is 1. The molecule has 0 spiro atoms. The Balaban J connectivity index is 2.31. The van der Waals surface area contributed by atoms with E-state index in [2.05, 4.69) is 17.3 Å². The van der Waals surface area contributed by atoms with Crippen molar-refractivity contribution < 1.29 is 4.39 Å². The molecule has 1 aromatic carbocycles. The largest absolute Gasteiger partial charge is 0.241 e. The van der Waals surface area contributed by atoms with E-state index in [0.717, 1.165) is 29.1 Å². The molecular formula is C13H14FNS. The van der Waals surface area contributed by atoms with Gasteiger partial charge in [0.15, 0.2) is 0 Å². The second-order valence-corrected chi connectivity index (χ2v) is 4.72. The SMILES string of the molecule is CCCc1csc(-c2ccc(F)c(C)c2)n1. The molecule has 0 bridgehead atoms. The monoisotopic (exact) mass is 235 g/mol. The molecule has 0 radical (unpaired) electrons. The molecule has 3 heteroatoms. The van der Waals surface area contributed by atoms with Gasteiger partial charge < -0.3 is 0 Å². The van der Waals surface area contributed by atoms with Gasteiger partial charge in [0.25, 0.3) is 0 Å². The van der Waals surface area contributed by atoms with Crippen LogP contribution in [0.15, 0.2) is 23.6 Å². The van der Waals surface area contributed by atoms with Crippen molar-refractivity contribution in [3.05, 3.63) is 40.7 Å². The Hall–Kier alpha value is -1.22. The van der Waals surface area contributed by atoms with Crippen molar-refractivity contribution in [1.29, 1.82) is 0 Å². The highest BCUT2D eigenvalue weighted by molar-refractivity contribution is 7.13. The lowest BCUT2D eigenvalue weighted by Gasteiger charge is -1.99. The van der Waals surface area contributed by atoms with Crippen molar-refractivity contribution in [2.24, 2.45) is 0 Å². The minimum absolute atomic E-state index is 0.158. The number of thiazole rings is 1. The van der Waals surface area contributed by atoms with Gasteiger partial charge in [-0.3, -0.25) is 0 Å². The summed E-state index contributed by atoms with van der Waals surface area (Å²) < 4.78 is 13.1. The highest BCUT2D eigenvalue weighted by Gasteiger charge is 2.06. The third-order valence-electron chi connectivity index (χ3n) is 2.46. The average molecular weight is 235 g/mol. The Labute approximate surface area is 99.0 Å². The van der Waals surface area contributed by atoms with Crippen LogP contribution in [0.25, 0.3) is 10.6 Å². The summed E-state index contributed by atoms with van der Waals surface area (Å²) in [6.45, 7) is 3.92. The van der Waals surface area contributed by atoms with Crippen LogP contribution in [0.5, 0.6) is 0 Å². The number of hydrogen-bond acceptors (Lipinski definition) is 2. The minimum Gasteiger partial charge on any atom is -0.241 e. The molecule has 0 unspecified atom stereocenters. The molecule has 1 aromatic heterocycles. The highest BCUT2D eigenvalue weighted by atomic mass is 32.1. The van der Waals surface area contributed by atoms with Crippen molar-refractivity contribution in [3.63, 3.8) is 0 Å². The first kappa shape index (κ1) is 11.3. The molecular weight excluding hydrogens is 221 g/mol. The van der Waals surface area contributed by atoms with E-state index in [-0.39, 0.29) is 5.82 Å². The maximum Gasteiger partial charge on any atom is 0.126 e. The molecule has 16 heavy (non-hydrogen) atoms. The smallest absolute Gasteiger partial charge is 0.126 e. The molecule has 2 aromatic rings. The minimum atomic E-state index is -0.158. The molecule has 0 aliphatic rings. The number of hydrogen-bond donors (Lipinski definition) is 0. The van der Waals surface area contributed by atoms with Crippen molar-refractivity contribution >= 4 is 11.3 Å². The molecule has 0 aliphatic carbocycles. The van der Waals surface area contributed by atoms with Crippen molar-refractivity contribution in [1.82, 2.24) is 4.98 Å². The third kappa shape index (κ3) is 2.30. The molecule has 2 rings (SSSR count). The summed E-state index contributed by atoms with van der Waals surface area (Å²) in [5.41, 5.74) is 2.81. The lowest BCUT2D eigenvalue weighted by molar-refractivity contribution is 0.619. The van der Waals surface area contributed by atoms with Crippen LogP contribution in [0.4, 0.5) is 4.39 Å². The summed E-state index contributed by atoms with van der Waals surface area (Å²) in [4.78, 5) is 4.54. The van der Waals surface area contributed by atoms with E-state index >= 15 is 0 Å². The van der Waals surface area contributed by atoms with E-state index in [1.807, 2.05) is 6.07 Å². The van der Waals surface area contributed by atoms with Crippen LogP contribution in [0, 0.1) is 12.7 Å². The first-order chi connectivity index (χ1) is 7.70. The first-order valence-electron chi connectivity index (χ1n) is 5.41. The molecule has 1 heterocycles. The predicted molar refractivity (Wildman–Crippen MR) is 66.2 cm³/mol. The van der Waals surface area contributed by atoms with E-state index < -0.39 is 0 Å². The second kappa shape index (κ2) is 4.74.